The summed E-state index contributed by atoms with van der Waals surface area (Å²) in [6, 6.07) is 0. The molecule has 0 bridgehead atoms. The number of aliphatic carboxylic acids is 2. The molecule has 2 aromatic rings. The largest absolute Gasteiger partial charge is 0.478 e. The molecule has 3 heterocycles. The van der Waals surface area contributed by atoms with Crippen molar-refractivity contribution in [1.29, 1.82) is 0 Å². The third-order valence-electron chi connectivity index (χ3n) is 6.35. The molecule has 1 aliphatic heterocycles. The van der Waals surface area contributed by atoms with Crippen LogP contribution >= 0.6 is 0 Å². The van der Waals surface area contributed by atoms with Gasteiger partial charge in [0.25, 0.3) is 0 Å². The first-order valence-electron chi connectivity index (χ1n) is 12.3. The van der Waals surface area contributed by atoms with Gasteiger partial charge >= 0.3 is 11.9 Å². The Morgan fingerprint density at radius 3 is 2.17 bits per heavy atom. The van der Waals surface area contributed by atoms with Crippen LogP contribution in [-0.4, -0.2) is 72.3 Å². The van der Waals surface area contributed by atoms with E-state index in [1.807, 2.05) is 4.68 Å². The lowest BCUT2D eigenvalue weighted by atomic mass is 9.89. The molecule has 0 spiro atoms. The summed E-state index contributed by atoms with van der Waals surface area (Å²) < 4.78 is 1.94. The quantitative estimate of drug-likeness (QED) is 0.502. The van der Waals surface area contributed by atoms with Gasteiger partial charge < -0.3 is 20.4 Å². The lowest BCUT2D eigenvalue weighted by molar-refractivity contribution is -0.134. The summed E-state index contributed by atoms with van der Waals surface area (Å²) in [4.78, 5) is 42.9. The number of nitrogens with one attached hydrogen (secondary N) is 1. The van der Waals surface area contributed by atoms with Gasteiger partial charge in [0.05, 0.1) is 18.1 Å². The standard InChI is InChI=1S/C20H30N6O.C4H4O4/c27-20(16-8-4-3-5-9-16)24-18-17-14-23-26(19(17)22-15-21-18)13-12-25-10-6-1-2-7-11-25;5-3(6)1-2-4(7)8/h14-16H,1-13H2,(H,21,22,24,27);1-2H,(H,5,6)(H,7,8)/b;2-1-. The summed E-state index contributed by atoms with van der Waals surface area (Å²) in [5.41, 5.74) is 0.804. The number of aromatic nitrogens is 4. The number of fused-ring (bicyclic) bond motifs is 1. The van der Waals surface area contributed by atoms with E-state index in [-0.39, 0.29) is 11.8 Å². The molecular weight excluding hydrogens is 452 g/mol. The van der Waals surface area contributed by atoms with E-state index >= 15 is 0 Å². The Balaban J connectivity index is 0.000000371. The van der Waals surface area contributed by atoms with Crippen LogP contribution in [0.5, 0.6) is 0 Å². The van der Waals surface area contributed by atoms with Gasteiger partial charge in [0.1, 0.15) is 12.1 Å². The number of nitrogens with zero attached hydrogens (tertiary/aromatic N) is 5. The first-order chi connectivity index (χ1) is 16.9. The fraction of sp³-hybridized carbons (Fsp3) is 0.583. The Hall–Kier alpha value is -3.34. The first kappa shape index (κ1) is 26.3. The van der Waals surface area contributed by atoms with Gasteiger partial charge in [-0.1, -0.05) is 32.1 Å². The topological polar surface area (TPSA) is 151 Å². The fourth-order valence-corrected chi connectivity index (χ4v) is 4.48. The second-order valence-corrected chi connectivity index (χ2v) is 8.92. The minimum atomic E-state index is -1.26. The minimum Gasteiger partial charge on any atom is -0.478 e. The summed E-state index contributed by atoms with van der Waals surface area (Å²) in [5.74, 6) is -1.72. The van der Waals surface area contributed by atoms with E-state index in [4.69, 9.17) is 10.2 Å². The SMILES string of the molecule is O=C(Nc1ncnc2c1cnn2CCN1CCCCCC1)C1CCCCC1.O=C(O)/C=C\C(=O)O. The van der Waals surface area contributed by atoms with Crippen molar-refractivity contribution in [2.45, 2.75) is 64.3 Å². The highest BCUT2D eigenvalue weighted by Crippen LogP contribution is 2.26. The Morgan fingerprint density at radius 1 is 0.914 bits per heavy atom. The molecule has 2 fully saturated rings. The molecule has 2 aliphatic rings. The molecule has 4 rings (SSSR count). The second-order valence-electron chi connectivity index (χ2n) is 8.92. The van der Waals surface area contributed by atoms with Crippen molar-refractivity contribution in [3.05, 3.63) is 24.7 Å². The molecule has 3 N–H and O–H groups in total. The average molecular weight is 487 g/mol. The molecule has 35 heavy (non-hydrogen) atoms. The normalized spacial score (nSPS) is 17.5. The summed E-state index contributed by atoms with van der Waals surface area (Å²) in [7, 11) is 0. The van der Waals surface area contributed by atoms with E-state index in [1.165, 1.54) is 51.5 Å². The molecule has 11 nitrogen and oxygen atoms in total. The monoisotopic (exact) mass is 486 g/mol. The van der Waals surface area contributed by atoms with Gasteiger partial charge in [-0.05, 0) is 38.8 Å². The predicted molar refractivity (Wildman–Crippen MR) is 130 cm³/mol. The predicted octanol–water partition coefficient (Wildman–Crippen LogP) is 2.93. The molecule has 11 heteroatoms. The maximum Gasteiger partial charge on any atom is 0.328 e. The van der Waals surface area contributed by atoms with E-state index in [9.17, 15) is 14.4 Å². The number of hydrogen-bond acceptors (Lipinski definition) is 7. The zero-order chi connectivity index (χ0) is 25.0. The summed E-state index contributed by atoms with van der Waals surface area (Å²) in [5, 5.41) is 24.0. The molecule has 1 aliphatic carbocycles. The van der Waals surface area contributed by atoms with Crippen LogP contribution in [0.3, 0.4) is 0 Å². The number of carboxylic acids is 2. The molecule has 0 atom stereocenters. The first-order valence-corrected chi connectivity index (χ1v) is 12.3. The number of hydrogen-bond donors (Lipinski definition) is 3. The van der Waals surface area contributed by atoms with E-state index in [0.29, 0.717) is 18.0 Å². The maximum atomic E-state index is 12.6. The molecule has 0 radical (unpaired) electrons. The highest BCUT2D eigenvalue weighted by Gasteiger charge is 2.22. The maximum absolute atomic E-state index is 12.6. The number of carboxylic acid groups (broad SMARTS) is 2. The highest BCUT2D eigenvalue weighted by molar-refractivity contribution is 5.99. The molecular formula is C24H34N6O5. The van der Waals surface area contributed by atoms with Crippen molar-refractivity contribution in [2.24, 2.45) is 5.92 Å². The van der Waals surface area contributed by atoms with E-state index in [2.05, 4.69) is 25.3 Å². The summed E-state index contributed by atoms with van der Waals surface area (Å²) in [6.07, 6.45) is 15.2. The van der Waals surface area contributed by atoms with Crippen molar-refractivity contribution >= 4 is 34.7 Å². The molecule has 190 valence electrons. The minimum absolute atomic E-state index is 0.0898. The third-order valence-corrected chi connectivity index (χ3v) is 6.35. The van der Waals surface area contributed by atoms with Crippen LogP contribution in [0.1, 0.15) is 57.8 Å². The van der Waals surface area contributed by atoms with Crippen LogP contribution in [0.2, 0.25) is 0 Å². The van der Waals surface area contributed by atoms with Crippen molar-refractivity contribution < 1.29 is 24.6 Å². The smallest absolute Gasteiger partial charge is 0.328 e. The number of amides is 1. The van der Waals surface area contributed by atoms with Gasteiger partial charge in [-0.2, -0.15) is 5.10 Å². The second kappa shape index (κ2) is 13.5. The zero-order valence-electron chi connectivity index (χ0n) is 19.9. The Kier molecular flexibility index (Phi) is 10.1. The van der Waals surface area contributed by atoms with Crippen LogP contribution in [-0.2, 0) is 20.9 Å². The Morgan fingerprint density at radius 2 is 1.54 bits per heavy atom. The molecule has 1 amide bonds. The molecule has 2 aromatic heterocycles. The van der Waals surface area contributed by atoms with Gasteiger partial charge in [0.2, 0.25) is 5.91 Å². The Bertz CT molecular complexity index is 1010. The van der Waals surface area contributed by atoms with Crippen molar-refractivity contribution in [2.75, 3.05) is 25.0 Å². The molecule has 0 unspecified atom stereocenters. The van der Waals surface area contributed by atoms with Gasteiger partial charge in [-0.15, -0.1) is 0 Å². The lowest BCUT2D eigenvalue weighted by Gasteiger charge is -2.20. The molecule has 0 aromatic carbocycles. The zero-order valence-corrected chi connectivity index (χ0v) is 19.9. The van der Waals surface area contributed by atoms with Gasteiger partial charge in [-0.3, -0.25) is 4.79 Å². The number of likely N-dealkylation sites (tertiary alicyclic amines) is 1. The molecule has 1 saturated carbocycles. The van der Waals surface area contributed by atoms with E-state index in [1.54, 1.807) is 6.20 Å². The fourth-order valence-electron chi connectivity index (χ4n) is 4.48. The number of rotatable bonds is 7. The van der Waals surface area contributed by atoms with E-state index < -0.39 is 11.9 Å². The van der Waals surface area contributed by atoms with Crippen molar-refractivity contribution in [3.8, 4) is 0 Å². The van der Waals surface area contributed by atoms with Gasteiger partial charge in [0.15, 0.2) is 5.65 Å². The molecule has 1 saturated heterocycles. The summed E-state index contributed by atoms with van der Waals surface area (Å²) in [6.45, 7) is 4.16. The highest BCUT2D eigenvalue weighted by atomic mass is 16.4. The Labute approximate surface area is 204 Å². The van der Waals surface area contributed by atoms with Gasteiger partial charge in [0, 0.05) is 24.6 Å². The van der Waals surface area contributed by atoms with Crippen LogP contribution in [0.15, 0.2) is 24.7 Å². The van der Waals surface area contributed by atoms with Gasteiger partial charge in [-0.25, -0.2) is 24.2 Å². The summed E-state index contributed by atoms with van der Waals surface area (Å²) >= 11 is 0. The van der Waals surface area contributed by atoms with Crippen LogP contribution in [0.4, 0.5) is 5.82 Å². The van der Waals surface area contributed by atoms with Crippen molar-refractivity contribution in [3.63, 3.8) is 0 Å². The number of anilines is 1. The van der Waals surface area contributed by atoms with Crippen LogP contribution in [0.25, 0.3) is 11.0 Å². The third kappa shape index (κ3) is 8.43. The van der Waals surface area contributed by atoms with Crippen LogP contribution < -0.4 is 5.32 Å². The van der Waals surface area contributed by atoms with Crippen LogP contribution in [0, 0.1) is 5.92 Å². The lowest BCUT2D eigenvalue weighted by Crippen LogP contribution is -2.28. The average Bonchev–Trinajstić information content (AvgIpc) is 3.09. The number of carbonyl (C=O) groups excluding carboxylic acids is 1. The van der Waals surface area contributed by atoms with Crippen molar-refractivity contribution in [1.82, 2.24) is 24.6 Å². The number of carbonyl (C=O) groups is 3. The van der Waals surface area contributed by atoms with E-state index in [0.717, 1.165) is 49.8 Å².